The highest BCUT2D eigenvalue weighted by Crippen LogP contribution is 2.27. The zero-order valence-electron chi connectivity index (χ0n) is 9.25. The lowest BCUT2D eigenvalue weighted by atomic mass is 10.2. The van der Waals surface area contributed by atoms with Crippen LogP contribution in [0.4, 0.5) is 0 Å². The van der Waals surface area contributed by atoms with Crippen LogP contribution >= 0.6 is 23.6 Å². The number of hydrogen-bond donors (Lipinski definition) is 2. The Morgan fingerprint density at radius 3 is 2.82 bits per heavy atom. The van der Waals surface area contributed by atoms with E-state index in [0.29, 0.717) is 27.3 Å². The van der Waals surface area contributed by atoms with Gasteiger partial charge >= 0.3 is 5.97 Å². The van der Waals surface area contributed by atoms with Crippen LogP contribution in [0.15, 0.2) is 4.79 Å². The maximum atomic E-state index is 11.7. The number of H-pyrrole nitrogens is 2. The number of thiophene rings is 1. The molecule has 0 spiro atoms. The normalized spacial score (nSPS) is 10.7. The molecule has 0 atom stereocenters. The first-order valence-corrected chi connectivity index (χ1v) is 6.20. The number of carbonyl (C=O) groups excluding carboxylic acids is 1. The molecule has 0 bridgehead atoms. The second kappa shape index (κ2) is 4.42. The summed E-state index contributed by atoms with van der Waals surface area (Å²) >= 11 is 6.06. The van der Waals surface area contributed by atoms with Gasteiger partial charge in [-0.3, -0.25) is 9.78 Å². The number of aryl methyl sites for hydroxylation is 1. The summed E-state index contributed by atoms with van der Waals surface area (Å²) in [6, 6.07) is 0. The zero-order valence-corrected chi connectivity index (χ0v) is 10.9. The molecule has 90 valence electrons. The summed E-state index contributed by atoms with van der Waals surface area (Å²) in [7, 11) is 0. The molecular formula is C10H10N2O3S2. The maximum Gasteiger partial charge on any atom is 0.348 e. The van der Waals surface area contributed by atoms with Crippen LogP contribution in [0.25, 0.3) is 10.2 Å². The van der Waals surface area contributed by atoms with Gasteiger partial charge in [0.25, 0.3) is 5.56 Å². The third kappa shape index (κ3) is 2.03. The van der Waals surface area contributed by atoms with E-state index in [2.05, 4.69) is 9.97 Å². The van der Waals surface area contributed by atoms with Crippen LogP contribution in [-0.2, 0) is 4.74 Å². The van der Waals surface area contributed by atoms with Gasteiger partial charge in [-0.2, -0.15) is 0 Å². The fourth-order valence-corrected chi connectivity index (χ4v) is 2.93. The van der Waals surface area contributed by atoms with Crippen molar-refractivity contribution in [3.05, 3.63) is 25.6 Å². The monoisotopic (exact) mass is 270 g/mol. The van der Waals surface area contributed by atoms with Gasteiger partial charge in [-0.05, 0) is 31.6 Å². The molecule has 0 aromatic carbocycles. The molecule has 0 saturated carbocycles. The average Bonchev–Trinajstić information content (AvgIpc) is 2.56. The molecule has 0 aliphatic heterocycles. The molecule has 0 saturated heterocycles. The molecule has 7 heteroatoms. The predicted molar refractivity (Wildman–Crippen MR) is 68.3 cm³/mol. The van der Waals surface area contributed by atoms with Gasteiger partial charge in [0.05, 0.1) is 12.0 Å². The molecule has 2 N–H and O–H groups in total. The summed E-state index contributed by atoms with van der Waals surface area (Å²) in [5.41, 5.74) is 0.337. The molecule has 0 unspecified atom stereocenters. The Morgan fingerprint density at radius 1 is 1.47 bits per heavy atom. The lowest BCUT2D eigenvalue weighted by molar-refractivity contribution is 0.0531. The van der Waals surface area contributed by atoms with E-state index < -0.39 is 5.97 Å². The number of hydrogen-bond acceptors (Lipinski definition) is 5. The highest BCUT2D eigenvalue weighted by molar-refractivity contribution is 7.71. The summed E-state index contributed by atoms with van der Waals surface area (Å²) in [5.74, 6) is -0.412. The molecule has 2 heterocycles. The molecule has 0 aliphatic rings. The van der Waals surface area contributed by atoms with Gasteiger partial charge in [0, 0.05) is 0 Å². The predicted octanol–water partition coefficient (Wildman–Crippen LogP) is 2.13. The number of ether oxygens (including phenoxy) is 1. The van der Waals surface area contributed by atoms with Crippen molar-refractivity contribution in [1.29, 1.82) is 0 Å². The molecule has 0 fully saturated rings. The van der Waals surface area contributed by atoms with Crippen LogP contribution < -0.4 is 5.56 Å². The van der Waals surface area contributed by atoms with Crippen molar-refractivity contribution >= 4 is 39.7 Å². The van der Waals surface area contributed by atoms with E-state index in [1.807, 2.05) is 0 Å². The van der Waals surface area contributed by atoms with Crippen molar-refractivity contribution in [1.82, 2.24) is 9.97 Å². The quantitative estimate of drug-likeness (QED) is 0.647. The summed E-state index contributed by atoms with van der Waals surface area (Å²) < 4.78 is 5.18. The second-order valence-corrected chi connectivity index (χ2v) is 4.82. The van der Waals surface area contributed by atoms with Gasteiger partial charge in [0.15, 0.2) is 4.77 Å². The minimum absolute atomic E-state index is 0.249. The van der Waals surface area contributed by atoms with E-state index in [0.717, 1.165) is 0 Å². The highest BCUT2D eigenvalue weighted by atomic mass is 32.1. The average molecular weight is 270 g/mol. The van der Waals surface area contributed by atoms with Crippen molar-refractivity contribution in [3.8, 4) is 0 Å². The van der Waals surface area contributed by atoms with Gasteiger partial charge < -0.3 is 9.72 Å². The minimum atomic E-state index is -0.412. The highest BCUT2D eigenvalue weighted by Gasteiger charge is 2.18. The largest absolute Gasteiger partial charge is 0.462 e. The SMILES string of the molecule is CCOC(=O)c1sc2[nH]c(=S)[nH]c(=O)c2c1C. The minimum Gasteiger partial charge on any atom is -0.462 e. The Morgan fingerprint density at radius 2 is 2.18 bits per heavy atom. The van der Waals surface area contributed by atoms with Crippen molar-refractivity contribution in [2.75, 3.05) is 6.61 Å². The summed E-state index contributed by atoms with van der Waals surface area (Å²) in [4.78, 5) is 29.8. The molecule has 0 aliphatic carbocycles. The number of aromatic amines is 2. The lowest BCUT2D eigenvalue weighted by Gasteiger charge is -1.98. The molecule has 2 rings (SSSR count). The van der Waals surface area contributed by atoms with E-state index >= 15 is 0 Å². The first-order chi connectivity index (χ1) is 8.04. The standard InChI is InChI=1S/C10H10N2O3S2/c1-3-15-9(14)6-4(2)5-7(13)11-10(16)12-8(5)17-6/h3H2,1-2H3,(H2,11,12,13,16). The Labute approximate surface area is 105 Å². The Bertz CT molecular complexity index is 696. The lowest BCUT2D eigenvalue weighted by Crippen LogP contribution is -2.08. The molecule has 0 radical (unpaired) electrons. The first-order valence-electron chi connectivity index (χ1n) is 4.97. The van der Waals surface area contributed by atoms with E-state index in [1.54, 1.807) is 13.8 Å². The van der Waals surface area contributed by atoms with Gasteiger partial charge in [-0.1, -0.05) is 0 Å². The molecule has 2 aromatic heterocycles. The van der Waals surface area contributed by atoms with Gasteiger partial charge in [0.1, 0.15) is 9.71 Å². The van der Waals surface area contributed by atoms with Crippen LogP contribution in [0.3, 0.4) is 0 Å². The number of esters is 1. The molecular weight excluding hydrogens is 260 g/mol. The molecule has 0 amide bonds. The van der Waals surface area contributed by atoms with Crippen molar-refractivity contribution < 1.29 is 9.53 Å². The van der Waals surface area contributed by atoms with Crippen LogP contribution in [0.5, 0.6) is 0 Å². The third-order valence-corrected chi connectivity index (χ3v) is 3.68. The van der Waals surface area contributed by atoms with Crippen LogP contribution in [0.2, 0.25) is 0 Å². The van der Waals surface area contributed by atoms with E-state index in [9.17, 15) is 9.59 Å². The number of rotatable bonds is 2. The Kier molecular flexibility index (Phi) is 3.12. The zero-order chi connectivity index (χ0) is 12.6. The fourth-order valence-electron chi connectivity index (χ4n) is 1.57. The number of fused-ring (bicyclic) bond motifs is 1. The first kappa shape index (κ1) is 12.0. The van der Waals surface area contributed by atoms with Gasteiger partial charge in [0.2, 0.25) is 0 Å². The van der Waals surface area contributed by atoms with Crippen LogP contribution in [0, 0.1) is 11.7 Å². The molecule has 5 nitrogen and oxygen atoms in total. The van der Waals surface area contributed by atoms with Gasteiger partial charge in [-0.25, -0.2) is 4.79 Å². The smallest absolute Gasteiger partial charge is 0.348 e. The Hall–Kier alpha value is -1.47. The summed E-state index contributed by atoms with van der Waals surface area (Å²) in [6.45, 7) is 3.76. The topological polar surface area (TPSA) is 75.0 Å². The number of aromatic nitrogens is 2. The van der Waals surface area contributed by atoms with E-state index in [4.69, 9.17) is 17.0 Å². The van der Waals surface area contributed by atoms with E-state index in [-0.39, 0.29) is 10.3 Å². The van der Waals surface area contributed by atoms with E-state index in [1.165, 1.54) is 11.3 Å². The van der Waals surface area contributed by atoms with Crippen molar-refractivity contribution in [3.63, 3.8) is 0 Å². The molecule has 17 heavy (non-hydrogen) atoms. The summed E-state index contributed by atoms with van der Waals surface area (Å²) in [6.07, 6.45) is 0. The van der Waals surface area contributed by atoms with Gasteiger partial charge in [-0.15, -0.1) is 11.3 Å². The van der Waals surface area contributed by atoms with Crippen LogP contribution in [0.1, 0.15) is 22.2 Å². The fraction of sp³-hybridized carbons (Fsp3) is 0.300. The summed E-state index contributed by atoms with van der Waals surface area (Å²) in [5, 5.41) is 0.464. The number of carbonyl (C=O) groups is 1. The second-order valence-electron chi connectivity index (χ2n) is 3.39. The van der Waals surface area contributed by atoms with Crippen molar-refractivity contribution in [2.45, 2.75) is 13.8 Å². The van der Waals surface area contributed by atoms with Crippen molar-refractivity contribution in [2.24, 2.45) is 0 Å². The number of nitrogens with one attached hydrogen (secondary N) is 2. The maximum absolute atomic E-state index is 11.7. The molecule has 2 aromatic rings. The van der Waals surface area contributed by atoms with Crippen LogP contribution in [-0.4, -0.2) is 22.5 Å². The third-order valence-electron chi connectivity index (χ3n) is 2.29. The Balaban J connectivity index is 2.73.